The van der Waals surface area contributed by atoms with Gasteiger partial charge in [-0.15, -0.1) is 0 Å². The normalized spacial score (nSPS) is 26.9. The molecule has 0 bridgehead atoms. The van der Waals surface area contributed by atoms with Gasteiger partial charge >= 0.3 is 0 Å². The fourth-order valence-corrected chi connectivity index (χ4v) is 3.70. The first-order valence-electron chi connectivity index (χ1n) is 5.67. The highest BCUT2D eigenvalue weighted by atomic mass is 32.2. The Labute approximate surface area is 96.6 Å². The molecule has 0 aromatic carbocycles. The van der Waals surface area contributed by atoms with Crippen LogP contribution >= 0.6 is 0 Å². The summed E-state index contributed by atoms with van der Waals surface area (Å²) in [5.74, 6) is 0.971. The molecule has 5 heteroatoms. The zero-order valence-corrected chi connectivity index (χ0v) is 10.6. The van der Waals surface area contributed by atoms with Crippen LogP contribution in [0, 0.1) is 6.92 Å². The first-order valence-corrected chi connectivity index (χ1v) is 7.62. The van der Waals surface area contributed by atoms with E-state index in [4.69, 9.17) is 0 Å². The van der Waals surface area contributed by atoms with E-state index in [0.29, 0.717) is 6.04 Å². The van der Waals surface area contributed by atoms with Crippen LogP contribution in [-0.2, 0) is 9.84 Å². The van der Waals surface area contributed by atoms with E-state index in [9.17, 15) is 8.42 Å². The summed E-state index contributed by atoms with van der Waals surface area (Å²) in [6.45, 7) is 1.96. The molecule has 1 aromatic rings. The maximum absolute atomic E-state index is 11.6. The molecule has 1 aliphatic carbocycles. The van der Waals surface area contributed by atoms with Crippen molar-refractivity contribution >= 4 is 9.84 Å². The second-order valence-corrected chi connectivity index (χ2v) is 6.98. The second kappa shape index (κ2) is 4.20. The predicted octanol–water partition coefficient (Wildman–Crippen LogP) is 1.72. The Bertz CT molecular complexity index is 464. The van der Waals surface area contributed by atoms with Crippen molar-refractivity contribution in [3.63, 3.8) is 0 Å². The summed E-state index contributed by atoms with van der Waals surface area (Å²) in [4.78, 5) is 4.19. The zero-order valence-electron chi connectivity index (χ0n) is 9.76. The van der Waals surface area contributed by atoms with Crippen molar-refractivity contribution < 1.29 is 8.42 Å². The molecule has 90 valence electrons. The number of aryl methyl sites for hydroxylation is 1. The number of nitrogens with zero attached hydrogens (tertiary/aromatic N) is 2. The molecule has 2 atom stereocenters. The standard InChI is InChI=1S/C11H18N2O2S/c1-9-12-6-7-13(9)10-4-3-5-11(8-10)16(2,14)15/h6-7,10-11H,3-5,8H2,1-2H3. The number of hydrogen-bond acceptors (Lipinski definition) is 3. The van der Waals surface area contributed by atoms with Gasteiger partial charge in [-0.2, -0.15) is 0 Å². The molecule has 2 rings (SSSR count). The highest BCUT2D eigenvalue weighted by Gasteiger charge is 2.29. The molecule has 4 nitrogen and oxygen atoms in total. The zero-order chi connectivity index (χ0) is 11.8. The topological polar surface area (TPSA) is 52.0 Å². The Balaban J connectivity index is 2.17. The minimum atomic E-state index is -2.90. The lowest BCUT2D eigenvalue weighted by molar-refractivity contribution is 0.348. The van der Waals surface area contributed by atoms with Crippen molar-refractivity contribution in [2.24, 2.45) is 0 Å². The van der Waals surface area contributed by atoms with Gasteiger partial charge in [0.1, 0.15) is 15.7 Å². The minimum absolute atomic E-state index is 0.173. The Morgan fingerprint density at radius 1 is 1.44 bits per heavy atom. The summed E-state index contributed by atoms with van der Waals surface area (Å²) in [5, 5.41) is -0.173. The lowest BCUT2D eigenvalue weighted by atomic mass is 9.95. The number of sulfone groups is 1. The van der Waals surface area contributed by atoms with Crippen LogP contribution in [-0.4, -0.2) is 29.5 Å². The Hall–Kier alpha value is -0.840. The Morgan fingerprint density at radius 2 is 2.19 bits per heavy atom. The van der Waals surface area contributed by atoms with Crippen molar-refractivity contribution in [2.75, 3.05) is 6.26 Å². The summed E-state index contributed by atoms with van der Waals surface area (Å²) >= 11 is 0. The number of aromatic nitrogens is 2. The lowest BCUT2D eigenvalue weighted by Crippen LogP contribution is -2.29. The van der Waals surface area contributed by atoms with Crippen LogP contribution in [0.15, 0.2) is 12.4 Å². The Morgan fingerprint density at radius 3 is 2.75 bits per heavy atom. The fourth-order valence-electron chi connectivity index (χ4n) is 2.54. The van der Waals surface area contributed by atoms with Crippen molar-refractivity contribution in [1.29, 1.82) is 0 Å². The Kier molecular flexibility index (Phi) is 3.06. The molecule has 0 aliphatic heterocycles. The van der Waals surface area contributed by atoms with Gasteiger partial charge in [0.25, 0.3) is 0 Å². The summed E-state index contributed by atoms with van der Waals surface area (Å²) in [6.07, 6.45) is 8.66. The van der Waals surface area contributed by atoms with E-state index >= 15 is 0 Å². The van der Waals surface area contributed by atoms with Crippen LogP contribution < -0.4 is 0 Å². The van der Waals surface area contributed by atoms with Crippen LogP contribution in [0.4, 0.5) is 0 Å². The first-order chi connectivity index (χ1) is 7.48. The van der Waals surface area contributed by atoms with Gasteiger partial charge in [0, 0.05) is 24.7 Å². The van der Waals surface area contributed by atoms with Crippen LogP contribution in [0.1, 0.15) is 37.5 Å². The molecule has 1 aromatic heterocycles. The molecular formula is C11H18N2O2S. The summed E-state index contributed by atoms with van der Waals surface area (Å²) in [7, 11) is -2.90. The maximum Gasteiger partial charge on any atom is 0.150 e. The maximum atomic E-state index is 11.6. The summed E-state index contributed by atoms with van der Waals surface area (Å²) < 4.78 is 25.2. The van der Waals surface area contributed by atoms with Crippen molar-refractivity contribution in [1.82, 2.24) is 9.55 Å². The smallest absolute Gasteiger partial charge is 0.150 e. The SMILES string of the molecule is Cc1nccn1C1CCCC(S(C)(=O)=O)C1. The molecule has 0 saturated heterocycles. The monoisotopic (exact) mass is 242 g/mol. The van der Waals surface area contributed by atoms with E-state index in [1.54, 1.807) is 6.20 Å². The minimum Gasteiger partial charge on any atom is -0.332 e. The number of hydrogen-bond donors (Lipinski definition) is 0. The van der Waals surface area contributed by atoms with E-state index in [0.717, 1.165) is 31.5 Å². The van der Waals surface area contributed by atoms with Crippen molar-refractivity contribution in [2.45, 2.75) is 43.9 Å². The van der Waals surface area contributed by atoms with Gasteiger partial charge in [-0.1, -0.05) is 6.42 Å². The van der Waals surface area contributed by atoms with Gasteiger partial charge in [0.05, 0.1) is 5.25 Å². The van der Waals surface area contributed by atoms with Crippen LogP contribution in [0.5, 0.6) is 0 Å². The molecule has 1 fully saturated rings. The third-order valence-corrected chi connectivity index (χ3v) is 5.10. The molecule has 2 unspecified atom stereocenters. The van der Waals surface area contributed by atoms with Crippen LogP contribution in [0.25, 0.3) is 0 Å². The molecule has 16 heavy (non-hydrogen) atoms. The van der Waals surface area contributed by atoms with E-state index < -0.39 is 9.84 Å². The largest absolute Gasteiger partial charge is 0.332 e. The average molecular weight is 242 g/mol. The molecular weight excluding hydrogens is 224 g/mol. The molecule has 0 N–H and O–H groups in total. The van der Waals surface area contributed by atoms with E-state index in [2.05, 4.69) is 9.55 Å². The summed E-state index contributed by atoms with van der Waals surface area (Å²) in [5.41, 5.74) is 0. The third-order valence-electron chi connectivity index (χ3n) is 3.46. The van der Waals surface area contributed by atoms with Crippen molar-refractivity contribution in [3.05, 3.63) is 18.2 Å². The number of imidazole rings is 1. The molecule has 0 radical (unpaired) electrons. The fraction of sp³-hybridized carbons (Fsp3) is 0.727. The highest BCUT2D eigenvalue weighted by Crippen LogP contribution is 2.32. The second-order valence-electron chi connectivity index (χ2n) is 4.65. The molecule has 1 saturated carbocycles. The van der Waals surface area contributed by atoms with Crippen LogP contribution in [0.3, 0.4) is 0 Å². The summed E-state index contributed by atoms with van der Waals surface area (Å²) in [6, 6.07) is 0.302. The number of rotatable bonds is 2. The predicted molar refractivity (Wildman–Crippen MR) is 63.1 cm³/mol. The van der Waals surface area contributed by atoms with Gasteiger partial charge in [-0.25, -0.2) is 13.4 Å². The van der Waals surface area contributed by atoms with Gasteiger partial charge < -0.3 is 4.57 Å². The molecule has 1 aliphatic rings. The van der Waals surface area contributed by atoms with Crippen molar-refractivity contribution in [3.8, 4) is 0 Å². The van der Waals surface area contributed by atoms with Gasteiger partial charge in [0.2, 0.25) is 0 Å². The molecule has 0 amide bonds. The van der Waals surface area contributed by atoms with Gasteiger partial charge in [0.15, 0.2) is 0 Å². The van der Waals surface area contributed by atoms with Crippen LogP contribution in [0.2, 0.25) is 0 Å². The lowest BCUT2D eigenvalue weighted by Gasteiger charge is -2.29. The van der Waals surface area contributed by atoms with Gasteiger partial charge in [-0.05, 0) is 26.2 Å². The van der Waals surface area contributed by atoms with E-state index in [-0.39, 0.29) is 5.25 Å². The highest BCUT2D eigenvalue weighted by molar-refractivity contribution is 7.91. The third kappa shape index (κ3) is 2.29. The van der Waals surface area contributed by atoms with E-state index in [1.807, 2.05) is 13.1 Å². The molecule has 1 heterocycles. The first kappa shape index (κ1) is 11.6. The van der Waals surface area contributed by atoms with E-state index in [1.165, 1.54) is 6.26 Å². The quantitative estimate of drug-likeness (QED) is 0.793. The average Bonchev–Trinajstić information content (AvgIpc) is 2.63. The van der Waals surface area contributed by atoms with Gasteiger partial charge in [-0.3, -0.25) is 0 Å². The molecule has 0 spiro atoms.